The molecule has 0 unspecified atom stereocenters. The first-order valence-corrected chi connectivity index (χ1v) is 8.03. The van der Waals surface area contributed by atoms with Gasteiger partial charge in [-0.25, -0.2) is 0 Å². The van der Waals surface area contributed by atoms with Gasteiger partial charge in [-0.15, -0.1) is 0 Å². The maximum absolute atomic E-state index is 6.10. The minimum Gasteiger partial charge on any atom is -0.383 e. The quantitative estimate of drug-likeness (QED) is 0.818. The SMILES string of the molecule is COCCN(C[C@H]1CC=CCC1)c1nc(N)c2cnn(C)c2n1. The van der Waals surface area contributed by atoms with Gasteiger partial charge in [-0.3, -0.25) is 4.68 Å². The predicted molar refractivity (Wildman–Crippen MR) is 91.3 cm³/mol. The van der Waals surface area contributed by atoms with E-state index in [1.54, 1.807) is 18.0 Å². The molecule has 2 heterocycles. The van der Waals surface area contributed by atoms with Crippen molar-refractivity contribution in [2.75, 3.05) is 37.4 Å². The molecule has 3 rings (SSSR count). The van der Waals surface area contributed by atoms with Gasteiger partial charge >= 0.3 is 0 Å². The van der Waals surface area contributed by atoms with E-state index in [-0.39, 0.29) is 0 Å². The summed E-state index contributed by atoms with van der Waals surface area (Å²) >= 11 is 0. The van der Waals surface area contributed by atoms with Crippen LogP contribution in [0.4, 0.5) is 11.8 Å². The number of hydrogen-bond donors (Lipinski definition) is 1. The molecule has 0 saturated carbocycles. The zero-order valence-corrected chi connectivity index (χ0v) is 13.8. The molecule has 2 aromatic heterocycles. The Morgan fingerprint density at radius 2 is 2.26 bits per heavy atom. The summed E-state index contributed by atoms with van der Waals surface area (Å²) in [6.45, 7) is 2.30. The van der Waals surface area contributed by atoms with Crippen LogP contribution in [0.2, 0.25) is 0 Å². The number of nitrogens with two attached hydrogens (primary N) is 1. The molecule has 0 saturated heterocycles. The van der Waals surface area contributed by atoms with Crippen molar-refractivity contribution >= 4 is 22.8 Å². The van der Waals surface area contributed by atoms with E-state index >= 15 is 0 Å². The molecular formula is C16H24N6O. The minimum absolute atomic E-state index is 0.476. The fourth-order valence-electron chi connectivity index (χ4n) is 2.98. The Morgan fingerprint density at radius 3 is 3.00 bits per heavy atom. The third-order valence-corrected chi connectivity index (χ3v) is 4.31. The maximum atomic E-state index is 6.10. The normalized spacial score (nSPS) is 17.7. The lowest BCUT2D eigenvalue weighted by atomic mass is 9.94. The van der Waals surface area contributed by atoms with Crippen LogP contribution in [0.15, 0.2) is 18.3 Å². The fraction of sp³-hybridized carbons (Fsp3) is 0.562. The van der Waals surface area contributed by atoms with E-state index in [4.69, 9.17) is 10.5 Å². The van der Waals surface area contributed by atoms with E-state index in [1.165, 1.54) is 6.42 Å². The molecule has 0 fully saturated rings. The van der Waals surface area contributed by atoms with Crippen LogP contribution in [0.3, 0.4) is 0 Å². The Balaban J connectivity index is 1.88. The molecule has 124 valence electrons. The van der Waals surface area contributed by atoms with Gasteiger partial charge in [0.15, 0.2) is 5.65 Å². The van der Waals surface area contributed by atoms with Crippen LogP contribution in [0.1, 0.15) is 19.3 Å². The second-order valence-corrected chi connectivity index (χ2v) is 6.00. The van der Waals surface area contributed by atoms with Gasteiger partial charge in [-0.2, -0.15) is 15.1 Å². The standard InChI is InChI=1S/C16H24N6O/c1-21-15-13(10-18-21)14(17)19-16(20-15)22(8-9-23-2)11-12-6-4-3-5-7-12/h3-4,10,12H,5-9,11H2,1-2H3,(H2,17,19,20)/t12-/m0/s1. The Kier molecular flexibility index (Phi) is 4.76. The zero-order chi connectivity index (χ0) is 16.2. The Bertz CT molecular complexity index is 695. The number of methoxy groups -OCH3 is 1. The summed E-state index contributed by atoms with van der Waals surface area (Å²) in [7, 11) is 3.57. The van der Waals surface area contributed by atoms with Crippen molar-refractivity contribution in [2.24, 2.45) is 13.0 Å². The van der Waals surface area contributed by atoms with Gasteiger partial charge in [0, 0.05) is 27.2 Å². The monoisotopic (exact) mass is 316 g/mol. The van der Waals surface area contributed by atoms with E-state index in [1.807, 2.05) is 7.05 Å². The summed E-state index contributed by atoms with van der Waals surface area (Å²) < 4.78 is 6.98. The topological polar surface area (TPSA) is 82.1 Å². The van der Waals surface area contributed by atoms with Crippen LogP contribution >= 0.6 is 0 Å². The van der Waals surface area contributed by atoms with Crippen molar-refractivity contribution in [2.45, 2.75) is 19.3 Å². The summed E-state index contributed by atoms with van der Waals surface area (Å²) in [6.07, 6.45) is 9.68. The number of allylic oxidation sites excluding steroid dienone is 2. The lowest BCUT2D eigenvalue weighted by Crippen LogP contribution is -2.34. The molecule has 2 N–H and O–H groups in total. The first-order valence-electron chi connectivity index (χ1n) is 8.03. The summed E-state index contributed by atoms with van der Waals surface area (Å²) in [5.74, 6) is 1.75. The van der Waals surface area contributed by atoms with Crippen molar-refractivity contribution in [1.82, 2.24) is 19.7 Å². The third kappa shape index (κ3) is 3.44. The molecule has 0 amide bonds. The molecule has 7 nitrogen and oxygen atoms in total. The van der Waals surface area contributed by atoms with E-state index in [0.29, 0.717) is 24.3 Å². The average molecular weight is 316 g/mol. The lowest BCUT2D eigenvalue weighted by molar-refractivity contribution is 0.203. The number of hydrogen-bond acceptors (Lipinski definition) is 6. The highest BCUT2D eigenvalue weighted by Gasteiger charge is 2.19. The molecule has 23 heavy (non-hydrogen) atoms. The number of nitrogen functional groups attached to an aromatic ring is 1. The van der Waals surface area contributed by atoms with E-state index in [0.717, 1.165) is 37.0 Å². The molecule has 0 radical (unpaired) electrons. The van der Waals surface area contributed by atoms with Gasteiger partial charge in [0.1, 0.15) is 5.82 Å². The second kappa shape index (κ2) is 6.95. The van der Waals surface area contributed by atoms with E-state index < -0.39 is 0 Å². The average Bonchev–Trinajstić information content (AvgIpc) is 2.94. The molecule has 2 aromatic rings. The van der Waals surface area contributed by atoms with Crippen LogP contribution in [0.25, 0.3) is 11.0 Å². The number of rotatable bonds is 6. The third-order valence-electron chi connectivity index (χ3n) is 4.31. The first-order chi connectivity index (χ1) is 11.2. The smallest absolute Gasteiger partial charge is 0.229 e. The molecule has 1 aliphatic carbocycles. The largest absolute Gasteiger partial charge is 0.383 e. The molecular weight excluding hydrogens is 292 g/mol. The van der Waals surface area contributed by atoms with Crippen LogP contribution in [0.5, 0.6) is 0 Å². The highest BCUT2D eigenvalue weighted by atomic mass is 16.5. The van der Waals surface area contributed by atoms with Crippen molar-refractivity contribution in [3.63, 3.8) is 0 Å². The highest BCUT2D eigenvalue weighted by Crippen LogP contribution is 2.24. The Labute approximate surface area is 136 Å². The van der Waals surface area contributed by atoms with Crippen molar-refractivity contribution < 1.29 is 4.74 Å². The highest BCUT2D eigenvalue weighted by molar-refractivity contribution is 5.86. The predicted octanol–water partition coefficient (Wildman–Crippen LogP) is 1.75. The minimum atomic E-state index is 0.476. The van der Waals surface area contributed by atoms with Gasteiger partial charge in [0.05, 0.1) is 18.2 Å². The van der Waals surface area contributed by atoms with Crippen LogP contribution in [-0.2, 0) is 11.8 Å². The second-order valence-electron chi connectivity index (χ2n) is 6.00. The number of anilines is 2. The lowest BCUT2D eigenvalue weighted by Gasteiger charge is -2.28. The van der Waals surface area contributed by atoms with Crippen LogP contribution in [-0.4, -0.2) is 46.6 Å². The number of ether oxygens (including phenoxy) is 1. The van der Waals surface area contributed by atoms with Crippen LogP contribution < -0.4 is 10.6 Å². The molecule has 0 bridgehead atoms. The van der Waals surface area contributed by atoms with Gasteiger partial charge in [-0.05, 0) is 25.2 Å². The maximum Gasteiger partial charge on any atom is 0.229 e. The van der Waals surface area contributed by atoms with Crippen molar-refractivity contribution in [3.05, 3.63) is 18.3 Å². The number of fused-ring (bicyclic) bond motifs is 1. The molecule has 7 heteroatoms. The number of aromatic nitrogens is 4. The van der Waals surface area contributed by atoms with Crippen LogP contribution in [0, 0.1) is 5.92 Å². The molecule has 1 atom stereocenters. The van der Waals surface area contributed by atoms with E-state index in [9.17, 15) is 0 Å². The summed E-state index contributed by atoms with van der Waals surface area (Å²) in [5.41, 5.74) is 6.86. The first kappa shape index (κ1) is 15.7. The summed E-state index contributed by atoms with van der Waals surface area (Å²) in [6, 6.07) is 0. The Hall–Kier alpha value is -2.15. The van der Waals surface area contributed by atoms with Crippen molar-refractivity contribution in [1.29, 1.82) is 0 Å². The Morgan fingerprint density at radius 1 is 1.39 bits per heavy atom. The number of nitrogens with zero attached hydrogens (tertiary/aromatic N) is 5. The summed E-state index contributed by atoms with van der Waals surface area (Å²) in [5, 5.41) is 5.01. The molecule has 0 spiro atoms. The van der Waals surface area contributed by atoms with Gasteiger partial charge in [-0.1, -0.05) is 12.2 Å². The molecule has 0 aliphatic heterocycles. The fourth-order valence-corrected chi connectivity index (χ4v) is 2.98. The molecule has 0 aromatic carbocycles. The zero-order valence-electron chi connectivity index (χ0n) is 13.8. The molecule has 1 aliphatic rings. The van der Waals surface area contributed by atoms with Gasteiger partial charge in [0.25, 0.3) is 0 Å². The van der Waals surface area contributed by atoms with Crippen molar-refractivity contribution in [3.8, 4) is 0 Å². The van der Waals surface area contributed by atoms with Gasteiger partial charge in [0.2, 0.25) is 5.95 Å². The van der Waals surface area contributed by atoms with Gasteiger partial charge < -0.3 is 15.4 Å². The van der Waals surface area contributed by atoms with E-state index in [2.05, 4.69) is 32.1 Å². The number of aryl methyl sites for hydroxylation is 1. The summed E-state index contributed by atoms with van der Waals surface area (Å²) in [4.78, 5) is 11.4.